The zero-order valence-electron chi connectivity index (χ0n) is 13.9. The lowest BCUT2D eigenvalue weighted by Gasteiger charge is -2.17. The van der Waals surface area contributed by atoms with E-state index in [1.807, 2.05) is 4.68 Å². The topological polar surface area (TPSA) is 33.6 Å². The van der Waals surface area contributed by atoms with Gasteiger partial charge in [0.05, 0.1) is 0 Å². The maximum absolute atomic E-state index is 5.25. The van der Waals surface area contributed by atoms with E-state index in [1.165, 1.54) is 70.6 Å². The molecule has 0 radical (unpaired) electrons. The zero-order chi connectivity index (χ0) is 15.3. The average molecular weight is 312 g/mol. The third-order valence-corrected chi connectivity index (χ3v) is 4.57. The Morgan fingerprint density at radius 2 is 1.57 bits per heavy atom. The molecule has 1 N–H and O–H groups in total. The van der Waals surface area contributed by atoms with E-state index in [4.69, 9.17) is 12.2 Å². The molecule has 0 aliphatic heterocycles. The van der Waals surface area contributed by atoms with Gasteiger partial charge in [0.2, 0.25) is 4.77 Å². The highest BCUT2D eigenvalue weighted by molar-refractivity contribution is 7.71. The number of rotatable bonds is 13. The van der Waals surface area contributed by atoms with Crippen molar-refractivity contribution in [2.24, 2.45) is 5.92 Å². The lowest BCUT2D eigenvalue weighted by atomic mass is 9.94. The number of nitrogens with zero attached hydrogens (tertiary/aromatic N) is 2. The minimum atomic E-state index is 0.694. The van der Waals surface area contributed by atoms with Crippen LogP contribution < -0.4 is 0 Å². The summed E-state index contributed by atoms with van der Waals surface area (Å²) in [5.41, 5.74) is 0. The fraction of sp³-hybridized carbons (Fsp3) is 0.882. The summed E-state index contributed by atoms with van der Waals surface area (Å²) in [5, 5.41) is 3.15. The Balaban J connectivity index is 2.34. The third-order valence-electron chi connectivity index (χ3n) is 4.24. The normalized spacial score (nSPS) is 12.7. The Morgan fingerprint density at radius 3 is 2.10 bits per heavy atom. The van der Waals surface area contributed by atoms with E-state index >= 15 is 0 Å². The maximum atomic E-state index is 5.25. The van der Waals surface area contributed by atoms with Crippen LogP contribution in [0.3, 0.4) is 0 Å². The summed E-state index contributed by atoms with van der Waals surface area (Å²) in [4.78, 5) is 4.12. The molecule has 0 aliphatic rings. The predicted molar refractivity (Wildman–Crippen MR) is 93.0 cm³/mol. The van der Waals surface area contributed by atoms with E-state index in [1.54, 1.807) is 6.33 Å². The molecule has 0 bridgehead atoms. The highest BCUT2D eigenvalue weighted by atomic mass is 32.1. The van der Waals surface area contributed by atoms with Crippen molar-refractivity contribution in [3.8, 4) is 0 Å². The second kappa shape index (κ2) is 12.0. The van der Waals surface area contributed by atoms with Crippen molar-refractivity contribution in [2.45, 2.75) is 91.0 Å². The van der Waals surface area contributed by atoms with Crippen molar-refractivity contribution >= 4 is 12.2 Å². The fourth-order valence-electron chi connectivity index (χ4n) is 2.89. The van der Waals surface area contributed by atoms with Gasteiger partial charge in [-0.2, -0.15) is 0 Å². The van der Waals surface area contributed by atoms with Gasteiger partial charge in [-0.25, -0.2) is 4.98 Å². The Kier molecular flexibility index (Phi) is 10.5. The number of nitrogens with one attached hydrogen (secondary N) is 1. The van der Waals surface area contributed by atoms with Gasteiger partial charge >= 0.3 is 0 Å². The lowest BCUT2D eigenvalue weighted by Crippen LogP contribution is -2.12. The van der Waals surface area contributed by atoms with Crippen LogP contribution in [0, 0.1) is 10.7 Å². The minimum absolute atomic E-state index is 0.694. The van der Waals surface area contributed by atoms with Crippen molar-refractivity contribution in [3.05, 3.63) is 11.1 Å². The van der Waals surface area contributed by atoms with E-state index in [2.05, 4.69) is 23.9 Å². The van der Waals surface area contributed by atoms with Crippen LogP contribution in [0.2, 0.25) is 0 Å². The van der Waals surface area contributed by atoms with Gasteiger partial charge < -0.3 is 0 Å². The van der Waals surface area contributed by atoms with Crippen LogP contribution in [0.4, 0.5) is 0 Å². The van der Waals surface area contributed by atoms with Crippen LogP contribution in [-0.4, -0.2) is 14.8 Å². The third kappa shape index (κ3) is 8.40. The van der Waals surface area contributed by atoms with Crippen molar-refractivity contribution < 1.29 is 0 Å². The molecule has 3 nitrogen and oxygen atoms in total. The first-order chi connectivity index (χ1) is 10.3. The average Bonchev–Trinajstić information content (AvgIpc) is 2.88. The first-order valence-corrected chi connectivity index (χ1v) is 9.29. The standard InChI is InChI=1S/C17H33N3S/c1-3-5-7-9-11-13-16(12-10-8-6-4-2)14-20-17(21)18-15-19-20/h15-16H,3-14H2,1-2H3,(H,18,19,21). The van der Waals surface area contributed by atoms with E-state index in [0.717, 1.165) is 12.5 Å². The molecule has 122 valence electrons. The Hall–Kier alpha value is -0.640. The first-order valence-electron chi connectivity index (χ1n) is 8.88. The number of aromatic amines is 1. The van der Waals surface area contributed by atoms with Crippen molar-refractivity contribution in [2.75, 3.05) is 0 Å². The number of H-pyrrole nitrogens is 1. The van der Waals surface area contributed by atoms with Crippen molar-refractivity contribution in [3.63, 3.8) is 0 Å². The van der Waals surface area contributed by atoms with Gasteiger partial charge in [0.25, 0.3) is 0 Å². The molecule has 0 amide bonds. The Bertz CT molecular complexity index is 397. The van der Waals surface area contributed by atoms with Crippen molar-refractivity contribution in [1.82, 2.24) is 14.8 Å². The first kappa shape index (κ1) is 18.4. The Morgan fingerprint density at radius 1 is 1.00 bits per heavy atom. The predicted octanol–water partition coefficient (Wildman–Crippen LogP) is 5.89. The van der Waals surface area contributed by atoms with Gasteiger partial charge in [-0.05, 0) is 31.0 Å². The molecule has 1 unspecified atom stereocenters. The molecule has 0 spiro atoms. The summed E-state index contributed by atoms with van der Waals surface area (Å²) >= 11 is 5.25. The zero-order valence-corrected chi connectivity index (χ0v) is 14.8. The summed E-state index contributed by atoms with van der Waals surface area (Å²) < 4.78 is 2.73. The second-order valence-corrected chi connectivity index (χ2v) is 6.56. The van der Waals surface area contributed by atoms with Crippen LogP contribution in [0.5, 0.6) is 0 Å². The summed E-state index contributed by atoms with van der Waals surface area (Å²) in [5.74, 6) is 0.746. The van der Waals surface area contributed by atoms with Gasteiger partial charge in [0.15, 0.2) is 0 Å². The molecular weight excluding hydrogens is 278 g/mol. The smallest absolute Gasteiger partial charge is 0.215 e. The number of unbranched alkanes of at least 4 members (excludes halogenated alkanes) is 7. The summed E-state index contributed by atoms with van der Waals surface area (Å²) in [6, 6.07) is 0. The number of hydrogen-bond acceptors (Lipinski definition) is 2. The molecule has 1 rings (SSSR count). The molecule has 0 saturated carbocycles. The van der Waals surface area contributed by atoms with E-state index in [9.17, 15) is 0 Å². The maximum Gasteiger partial charge on any atom is 0.215 e. The molecule has 0 fully saturated rings. The quantitative estimate of drug-likeness (QED) is 0.364. The molecule has 1 heterocycles. The molecular formula is C17H33N3S. The van der Waals surface area contributed by atoms with E-state index in [-0.39, 0.29) is 0 Å². The SMILES string of the molecule is CCCCCCCC(CCCCCC)Cn1[nH]cnc1=S. The fourth-order valence-corrected chi connectivity index (χ4v) is 3.07. The van der Waals surface area contributed by atoms with Crippen LogP contribution in [0.25, 0.3) is 0 Å². The van der Waals surface area contributed by atoms with E-state index < -0.39 is 0 Å². The number of hydrogen-bond donors (Lipinski definition) is 1. The molecule has 0 aromatic carbocycles. The summed E-state index contributed by atoms with van der Waals surface area (Å²) in [6.45, 7) is 5.56. The number of aromatic nitrogens is 3. The van der Waals surface area contributed by atoms with Gasteiger partial charge in [0.1, 0.15) is 6.33 Å². The van der Waals surface area contributed by atoms with Crippen LogP contribution in [0.15, 0.2) is 6.33 Å². The van der Waals surface area contributed by atoms with Gasteiger partial charge in [-0.15, -0.1) is 0 Å². The van der Waals surface area contributed by atoms with Gasteiger partial charge in [-0.3, -0.25) is 9.78 Å². The van der Waals surface area contributed by atoms with Crippen LogP contribution >= 0.6 is 12.2 Å². The highest BCUT2D eigenvalue weighted by Crippen LogP contribution is 2.20. The molecule has 0 saturated heterocycles. The molecule has 1 aromatic heterocycles. The second-order valence-electron chi connectivity index (χ2n) is 6.20. The van der Waals surface area contributed by atoms with Crippen LogP contribution in [0.1, 0.15) is 84.5 Å². The Labute approximate surface area is 135 Å². The van der Waals surface area contributed by atoms with Gasteiger partial charge in [-0.1, -0.05) is 71.6 Å². The molecule has 21 heavy (non-hydrogen) atoms. The van der Waals surface area contributed by atoms with Crippen LogP contribution in [-0.2, 0) is 6.54 Å². The monoisotopic (exact) mass is 311 g/mol. The molecule has 1 atom stereocenters. The summed E-state index contributed by atoms with van der Waals surface area (Å²) in [6.07, 6.45) is 16.6. The van der Waals surface area contributed by atoms with Gasteiger partial charge in [0, 0.05) is 6.54 Å². The molecule has 1 aromatic rings. The lowest BCUT2D eigenvalue weighted by molar-refractivity contribution is 0.341. The summed E-state index contributed by atoms with van der Waals surface area (Å²) in [7, 11) is 0. The highest BCUT2D eigenvalue weighted by Gasteiger charge is 2.10. The van der Waals surface area contributed by atoms with E-state index in [0.29, 0.717) is 4.77 Å². The van der Waals surface area contributed by atoms with Crippen molar-refractivity contribution in [1.29, 1.82) is 0 Å². The molecule has 4 heteroatoms. The largest absolute Gasteiger partial charge is 0.286 e. The molecule has 0 aliphatic carbocycles. The minimum Gasteiger partial charge on any atom is -0.286 e.